The Morgan fingerprint density at radius 2 is 1.76 bits per heavy atom. The number of aromatic hydroxyl groups is 2. The Morgan fingerprint density at radius 3 is 2.42 bits per heavy atom. The highest BCUT2D eigenvalue weighted by molar-refractivity contribution is 6.14. The van der Waals surface area contributed by atoms with Crippen LogP contribution in [-0.4, -0.2) is 32.8 Å². The zero-order valence-electron chi connectivity index (χ0n) is 17.4. The number of hydrogen-bond acceptors (Lipinski definition) is 7. The zero-order chi connectivity index (χ0) is 22.9. The molecule has 0 saturated carbocycles. The number of methoxy groups -OCH3 is 1. The first-order valence-electron chi connectivity index (χ1n) is 9.99. The molecular formula is C25H18N2O6. The van der Waals surface area contributed by atoms with Crippen LogP contribution < -0.4 is 4.74 Å². The standard InChI is InChI=1S/C25H18N2O6/c1-31-19-6-3-2-5-17(19)22-21(23(28)20-7-4-13-32-20)24(29)25(30)27(22)16-10-8-15(9-11-16)18-12-14-33-26-18/h2-14,29-30H,1H3. The summed E-state index contributed by atoms with van der Waals surface area (Å²) in [4.78, 5) is 13.3. The Kier molecular flexibility index (Phi) is 4.95. The predicted octanol–water partition coefficient (Wildman–Crippen LogP) is 5.04. The number of carbonyl (C=O) groups is 1. The van der Waals surface area contributed by atoms with Crippen LogP contribution in [0.15, 0.2) is 88.2 Å². The highest BCUT2D eigenvalue weighted by Gasteiger charge is 2.32. The van der Waals surface area contributed by atoms with Crippen LogP contribution in [0.2, 0.25) is 0 Å². The largest absolute Gasteiger partial charge is 0.503 e. The normalized spacial score (nSPS) is 10.9. The summed E-state index contributed by atoms with van der Waals surface area (Å²) in [6.45, 7) is 0. The molecule has 0 saturated heterocycles. The Labute approximate surface area is 187 Å². The van der Waals surface area contributed by atoms with Crippen LogP contribution in [0.5, 0.6) is 17.4 Å². The summed E-state index contributed by atoms with van der Waals surface area (Å²) in [5.41, 5.74) is 2.62. The van der Waals surface area contributed by atoms with Crippen molar-refractivity contribution in [2.75, 3.05) is 7.11 Å². The maximum Gasteiger partial charge on any atom is 0.240 e. The number of benzene rings is 2. The van der Waals surface area contributed by atoms with E-state index in [2.05, 4.69) is 5.16 Å². The third-order valence-electron chi connectivity index (χ3n) is 5.31. The van der Waals surface area contributed by atoms with Crippen LogP contribution >= 0.6 is 0 Å². The van der Waals surface area contributed by atoms with E-state index >= 15 is 0 Å². The Morgan fingerprint density at radius 1 is 0.970 bits per heavy atom. The third kappa shape index (κ3) is 3.34. The molecule has 0 aliphatic rings. The van der Waals surface area contributed by atoms with Gasteiger partial charge in [-0.1, -0.05) is 29.4 Å². The molecule has 2 aromatic carbocycles. The number of furan rings is 1. The van der Waals surface area contributed by atoms with Crippen molar-refractivity contribution in [3.05, 3.63) is 90.6 Å². The smallest absolute Gasteiger partial charge is 0.240 e. The lowest BCUT2D eigenvalue weighted by atomic mass is 10.0. The fourth-order valence-electron chi connectivity index (χ4n) is 3.78. The molecule has 5 aromatic rings. The molecule has 0 radical (unpaired) electrons. The first-order chi connectivity index (χ1) is 16.1. The van der Waals surface area contributed by atoms with Crippen molar-refractivity contribution >= 4 is 5.78 Å². The number of ketones is 1. The second-order valence-corrected chi connectivity index (χ2v) is 7.17. The minimum atomic E-state index is -0.577. The molecule has 8 heteroatoms. The number of hydrogen-bond donors (Lipinski definition) is 2. The number of nitrogens with zero attached hydrogens (tertiary/aromatic N) is 2. The van der Waals surface area contributed by atoms with Crippen LogP contribution in [0.4, 0.5) is 0 Å². The van der Waals surface area contributed by atoms with Gasteiger partial charge in [0.2, 0.25) is 11.7 Å². The second-order valence-electron chi connectivity index (χ2n) is 7.17. The fraction of sp³-hybridized carbons (Fsp3) is 0.0400. The van der Waals surface area contributed by atoms with Crippen LogP contribution in [-0.2, 0) is 0 Å². The van der Waals surface area contributed by atoms with Crippen molar-refractivity contribution < 1.29 is 28.7 Å². The van der Waals surface area contributed by atoms with Gasteiger partial charge in [-0.2, -0.15) is 0 Å². The first-order valence-corrected chi connectivity index (χ1v) is 9.99. The van der Waals surface area contributed by atoms with Crippen LogP contribution in [0.3, 0.4) is 0 Å². The Balaban J connectivity index is 1.76. The minimum Gasteiger partial charge on any atom is -0.503 e. The van der Waals surface area contributed by atoms with Gasteiger partial charge in [-0.15, -0.1) is 0 Å². The van der Waals surface area contributed by atoms with Crippen LogP contribution in [0.1, 0.15) is 16.1 Å². The summed E-state index contributed by atoms with van der Waals surface area (Å²) >= 11 is 0. The molecule has 2 N–H and O–H groups in total. The van der Waals surface area contributed by atoms with Gasteiger partial charge >= 0.3 is 0 Å². The number of aromatic nitrogens is 2. The highest BCUT2D eigenvalue weighted by Crippen LogP contribution is 2.46. The van der Waals surface area contributed by atoms with E-state index < -0.39 is 17.4 Å². The maximum atomic E-state index is 13.3. The lowest BCUT2D eigenvalue weighted by Crippen LogP contribution is -2.05. The van der Waals surface area contributed by atoms with E-state index in [1.54, 1.807) is 60.7 Å². The molecule has 0 aliphatic heterocycles. The van der Waals surface area contributed by atoms with E-state index in [1.807, 2.05) is 0 Å². The second kappa shape index (κ2) is 8.08. The highest BCUT2D eigenvalue weighted by atomic mass is 16.5. The van der Waals surface area contributed by atoms with Crippen LogP contribution in [0.25, 0.3) is 28.2 Å². The van der Waals surface area contributed by atoms with E-state index in [1.165, 1.54) is 30.3 Å². The van der Waals surface area contributed by atoms with Gasteiger partial charge in [0.15, 0.2) is 11.5 Å². The van der Waals surface area contributed by atoms with Gasteiger partial charge in [-0.3, -0.25) is 9.36 Å². The maximum absolute atomic E-state index is 13.3. The van der Waals surface area contributed by atoms with E-state index in [4.69, 9.17) is 13.7 Å². The monoisotopic (exact) mass is 442 g/mol. The van der Waals surface area contributed by atoms with Crippen molar-refractivity contribution in [1.82, 2.24) is 9.72 Å². The van der Waals surface area contributed by atoms with E-state index in [-0.39, 0.29) is 17.0 Å². The molecule has 0 bridgehead atoms. The summed E-state index contributed by atoms with van der Waals surface area (Å²) in [5, 5.41) is 25.7. The van der Waals surface area contributed by atoms with Crippen molar-refractivity contribution in [2.24, 2.45) is 0 Å². The van der Waals surface area contributed by atoms with Gasteiger partial charge < -0.3 is 23.9 Å². The van der Waals surface area contributed by atoms with Crippen molar-refractivity contribution in [1.29, 1.82) is 0 Å². The van der Waals surface area contributed by atoms with Gasteiger partial charge in [0.1, 0.15) is 17.7 Å². The number of rotatable bonds is 6. The van der Waals surface area contributed by atoms with E-state index in [9.17, 15) is 15.0 Å². The molecule has 0 aliphatic carbocycles. The molecule has 0 unspecified atom stereocenters. The zero-order valence-corrected chi connectivity index (χ0v) is 17.4. The summed E-state index contributed by atoms with van der Waals surface area (Å²) in [7, 11) is 1.51. The fourth-order valence-corrected chi connectivity index (χ4v) is 3.78. The molecule has 3 aromatic heterocycles. The average Bonchev–Trinajstić information content (AvgIpc) is 3.61. The van der Waals surface area contributed by atoms with Gasteiger partial charge in [0.25, 0.3) is 0 Å². The van der Waals surface area contributed by atoms with E-state index in [0.29, 0.717) is 22.7 Å². The quantitative estimate of drug-likeness (QED) is 0.354. The number of carbonyl (C=O) groups excluding carboxylic acids is 1. The molecule has 0 atom stereocenters. The molecule has 3 heterocycles. The predicted molar refractivity (Wildman–Crippen MR) is 119 cm³/mol. The summed E-state index contributed by atoms with van der Waals surface area (Å²) in [6.07, 6.45) is 2.85. The molecule has 33 heavy (non-hydrogen) atoms. The van der Waals surface area contributed by atoms with Crippen LogP contribution in [0, 0.1) is 0 Å². The lowest BCUT2D eigenvalue weighted by molar-refractivity contribution is 0.101. The molecular weight excluding hydrogens is 424 g/mol. The minimum absolute atomic E-state index is 0.0278. The lowest BCUT2D eigenvalue weighted by Gasteiger charge is -2.14. The molecule has 0 fully saturated rings. The molecule has 0 amide bonds. The van der Waals surface area contributed by atoms with E-state index in [0.717, 1.165) is 5.56 Å². The third-order valence-corrected chi connectivity index (χ3v) is 5.31. The summed E-state index contributed by atoms with van der Waals surface area (Å²) in [6, 6.07) is 18.9. The molecule has 164 valence electrons. The van der Waals surface area contributed by atoms with Gasteiger partial charge in [-0.05, 0) is 36.4 Å². The van der Waals surface area contributed by atoms with Crippen molar-refractivity contribution in [2.45, 2.75) is 0 Å². The van der Waals surface area contributed by atoms with Gasteiger partial charge in [0, 0.05) is 22.9 Å². The SMILES string of the molecule is COc1ccccc1-c1c(C(=O)c2ccco2)c(O)c(O)n1-c1ccc(-c2ccon2)cc1. The topological polar surface area (TPSA) is 111 Å². The summed E-state index contributed by atoms with van der Waals surface area (Å²) < 4.78 is 17.1. The first kappa shape index (κ1) is 20.2. The Hall–Kier alpha value is -4.72. The number of ether oxygens (including phenoxy) is 1. The van der Waals surface area contributed by atoms with Gasteiger partial charge in [-0.25, -0.2) is 0 Å². The average molecular weight is 442 g/mol. The molecule has 5 rings (SSSR count). The van der Waals surface area contributed by atoms with Crippen molar-refractivity contribution in [3.8, 4) is 45.6 Å². The Bertz CT molecular complexity index is 1410. The van der Waals surface area contributed by atoms with Gasteiger partial charge in [0.05, 0.1) is 24.6 Å². The molecule has 0 spiro atoms. The molecule has 8 nitrogen and oxygen atoms in total. The number of para-hydroxylation sites is 1. The van der Waals surface area contributed by atoms with Crippen molar-refractivity contribution in [3.63, 3.8) is 0 Å². The summed E-state index contributed by atoms with van der Waals surface area (Å²) in [5.74, 6) is -1.13.